The summed E-state index contributed by atoms with van der Waals surface area (Å²) in [5, 5.41) is 4.62. The third kappa shape index (κ3) is 10.1. The molecule has 0 aliphatic carbocycles. The topological polar surface area (TPSA) is 40.9 Å². The largest absolute Gasteiger partial charge is 0.455 e. The minimum absolute atomic E-state index is 0.0456. The first-order chi connectivity index (χ1) is 49.4. The molecule has 0 amide bonds. The Labute approximate surface area is 598 Å². The monoisotopic (exact) mass is 1320 g/mol. The molecule has 2 aliphatic heterocycles. The first-order valence-corrected chi connectivity index (χ1v) is 35.8. The van der Waals surface area contributed by atoms with Crippen molar-refractivity contribution >= 4 is 118 Å². The van der Waals surface area contributed by atoms with Gasteiger partial charge in [-0.05, 0) is 221 Å². The van der Waals surface area contributed by atoms with Crippen molar-refractivity contribution in [3.63, 3.8) is 0 Å². The molecule has 3 aromatic heterocycles. The summed E-state index contributed by atoms with van der Waals surface area (Å²) >= 11 is 0. The van der Waals surface area contributed by atoms with Crippen LogP contribution in [-0.4, -0.2) is 11.3 Å². The van der Waals surface area contributed by atoms with Crippen molar-refractivity contribution in [2.45, 2.75) is 87.0 Å². The Balaban J connectivity index is 0.892. The first-order valence-electron chi connectivity index (χ1n) is 35.8. The van der Waals surface area contributed by atoms with Crippen LogP contribution in [0.3, 0.4) is 0 Å². The minimum Gasteiger partial charge on any atom is -0.455 e. The normalized spacial score (nSPS) is 12.8. The van der Waals surface area contributed by atoms with Crippen LogP contribution in [0, 0.1) is 34.6 Å². The van der Waals surface area contributed by atoms with Crippen molar-refractivity contribution in [1.82, 2.24) is 4.57 Å². The zero-order valence-electron chi connectivity index (χ0n) is 59.7. The first kappa shape index (κ1) is 62.5. The number of hydrogen-bond acceptors (Lipinski definition) is 5. The van der Waals surface area contributed by atoms with E-state index in [0.29, 0.717) is 0 Å². The molecule has 0 saturated heterocycles. The van der Waals surface area contributed by atoms with Crippen LogP contribution in [0.25, 0.3) is 94.3 Å². The lowest BCUT2D eigenvalue weighted by atomic mass is 9.33. The molecule has 494 valence electrons. The van der Waals surface area contributed by atoms with Crippen molar-refractivity contribution in [2.24, 2.45) is 0 Å². The van der Waals surface area contributed by atoms with E-state index in [1.807, 2.05) is 0 Å². The molecule has 5 heterocycles. The number of fused-ring (bicyclic) bond motifs is 9. The number of aromatic nitrogens is 1. The van der Waals surface area contributed by atoms with E-state index in [2.05, 4.69) is 374 Å². The second kappa shape index (κ2) is 23.7. The van der Waals surface area contributed by atoms with E-state index in [4.69, 9.17) is 8.83 Å². The van der Waals surface area contributed by atoms with Gasteiger partial charge in [-0.25, -0.2) is 0 Å². The lowest BCUT2D eigenvalue weighted by molar-refractivity contribution is 0.590. The van der Waals surface area contributed by atoms with Crippen LogP contribution in [-0.2, 0) is 10.8 Å². The summed E-state index contributed by atoms with van der Waals surface area (Å²) in [6, 6.07) is 103. The fraction of sp³-hybridized carbons (Fsp3) is 0.137. The van der Waals surface area contributed by atoms with E-state index in [-0.39, 0.29) is 17.5 Å². The highest BCUT2D eigenvalue weighted by molar-refractivity contribution is 7.00. The number of hydrogen-bond donors (Lipinski definition) is 0. The summed E-state index contributed by atoms with van der Waals surface area (Å²) in [5.74, 6) is 1.74. The van der Waals surface area contributed by atoms with Crippen LogP contribution in [0.2, 0.25) is 0 Å². The number of aryl methyl sites for hydroxylation is 5. The molecule has 0 N–H and O–H groups in total. The molecule has 16 aromatic rings. The molecule has 18 rings (SSSR count). The van der Waals surface area contributed by atoms with Gasteiger partial charge >= 0.3 is 0 Å². The lowest BCUT2D eigenvalue weighted by Gasteiger charge is -2.46. The number of rotatable bonds is 10. The molecule has 13 aromatic carbocycles. The minimum atomic E-state index is -0.158. The predicted octanol–water partition coefficient (Wildman–Crippen LogP) is 24.6. The maximum absolute atomic E-state index is 7.02. The van der Waals surface area contributed by atoms with Crippen LogP contribution in [0.4, 0.5) is 51.2 Å². The van der Waals surface area contributed by atoms with Crippen molar-refractivity contribution in [2.75, 3.05) is 14.7 Å². The maximum Gasteiger partial charge on any atom is 0.252 e. The van der Waals surface area contributed by atoms with Gasteiger partial charge < -0.3 is 28.1 Å². The average molecular weight is 1320 g/mol. The van der Waals surface area contributed by atoms with Crippen LogP contribution in [0.5, 0.6) is 0 Å². The Morgan fingerprint density at radius 1 is 0.333 bits per heavy atom. The van der Waals surface area contributed by atoms with E-state index in [9.17, 15) is 0 Å². The van der Waals surface area contributed by atoms with Crippen LogP contribution < -0.4 is 31.1 Å². The molecule has 0 spiro atoms. The summed E-state index contributed by atoms with van der Waals surface area (Å²) in [5.41, 5.74) is 33.7. The Morgan fingerprint density at radius 3 is 1.33 bits per heavy atom. The third-order valence-electron chi connectivity index (χ3n) is 21.5. The van der Waals surface area contributed by atoms with Crippen molar-refractivity contribution in [3.05, 3.63) is 318 Å². The summed E-state index contributed by atoms with van der Waals surface area (Å²) in [6.07, 6.45) is 0. The highest BCUT2D eigenvalue weighted by Gasteiger charge is 2.45. The van der Waals surface area contributed by atoms with Crippen molar-refractivity contribution in [1.29, 1.82) is 0 Å². The van der Waals surface area contributed by atoms with Gasteiger partial charge in [0.05, 0.1) is 22.4 Å². The van der Waals surface area contributed by atoms with E-state index in [1.165, 1.54) is 55.2 Å². The highest BCUT2D eigenvalue weighted by atomic mass is 16.3. The average Bonchev–Trinajstić information content (AvgIpc) is 0.891. The summed E-state index contributed by atoms with van der Waals surface area (Å²) in [7, 11) is 0. The molecule has 102 heavy (non-hydrogen) atoms. The number of nitrogens with zero attached hydrogens (tertiary/aromatic N) is 4. The van der Waals surface area contributed by atoms with E-state index in [1.54, 1.807) is 0 Å². The van der Waals surface area contributed by atoms with Gasteiger partial charge in [-0.3, -0.25) is 0 Å². The molecule has 2 aliphatic rings. The number of anilines is 9. The molecule has 0 atom stereocenters. The molecule has 0 bridgehead atoms. The van der Waals surface area contributed by atoms with E-state index >= 15 is 0 Å². The molecule has 6 nitrogen and oxygen atoms in total. The Morgan fingerprint density at radius 2 is 0.784 bits per heavy atom. The Hall–Kier alpha value is -11.8. The quantitative estimate of drug-likeness (QED) is 0.128. The summed E-state index contributed by atoms with van der Waals surface area (Å²) < 4.78 is 16.4. The van der Waals surface area contributed by atoms with Crippen molar-refractivity contribution in [3.8, 4) is 50.6 Å². The summed E-state index contributed by atoms with van der Waals surface area (Å²) in [6.45, 7) is 25.2. The zero-order chi connectivity index (χ0) is 69.6. The maximum atomic E-state index is 7.02. The Bertz CT molecular complexity index is 6000. The molecule has 0 unspecified atom stereocenters. The standard InChI is InChI=1S/C95H79BN4O2/c1-58-49-83-89-84(50-58)100(91-61(4)53-66(54-62(91)5)93-88(64-29-17-13-18-30-64)76-35-23-26-38-86(76)102-93)82-57-72(97(70-42-39-67(40-43-70)94(6,7)8)71-44-46-74-73-33-21-24-36-79(73)98(81(74)56-71)69-31-19-14-20-32-69)45-47-77(82)96(89)78-55-68(95(9,10)11)41-48-80(78)99(83)90-59(2)51-65(52-60(90)3)92-87(63-27-15-12-16-28-63)75-34-22-25-37-85(75)101-92/h12-57H,1-11H3. The van der Waals surface area contributed by atoms with Crippen LogP contribution in [0.15, 0.2) is 288 Å². The number of furan rings is 2. The van der Waals surface area contributed by atoms with Crippen molar-refractivity contribution < 1.29 is 8.83 Å². The fourth-order valence-electron chi connectivity index (χ4n) is 16.9. The fourth-order valence-corrected chi connectivity index (χ4v) is 16.9. The predicted molar refractivity (Wildman–Crippen MR) is 432 cm³/mol. The second-order valence-electron chi connectivity index (χ2n) is 30.4. The van der Waals surface area contributed by atoms with E-state index in [0.717, 1.165) is 146 Å². The number of benzene rings is 13. The molecular weight excluding hydrogens is 1240 g/mol. The van der Waals surface area contributed by atoms with Gasteiger partial charge in [0.15, 0.2) is 0 Å². The van der Waals surface area contributed by atoms with Gasteiger partial charge in [0.2, 0.25) is 0 Å². The van der Waals surface area contributed by atoms with Gasteiger partial charge in [-0.2, -0.15) is 0 Å². The van der Waals surface area contributed by atoms with Gasteiger partial charge in [0.25, 0.3) is 6.71 Å². The highest BCUT2D eigenvalue weighted by Crippen LogP contribution is 2.53. The van der Waals surface area contributed by atoms with Gasteiger partial charge in [0.1, 0.15) is 22.7 Å². The lowest BCUT2D eigenvalue weighted by Crippen LogP contribution is -2.61. The SMILES string of the molecule is Cc1cc2c3c(c1)N(c1c(C)cc(-c4oc5ccccc5c4-c4ccccc4)cc1C)c1cc(N(c4ccc(C(C)(C)C)cc4)c4ccc5c6ccccc6n(-c6ccccc6)c5c4)ccc1B3c1cc(C(C)(C)C)ccc1N2c1c(C)cc(-c2oc3ccccc3c2-c2ccccc2)cc1C. The molecule has 0 saturated carbocycles. The molecular formula is C95H79BN4O2. The Kier molecular flexibility index (Phi) is 14.5. The van der Waals surface area contributed by atoms with Gasteiger partial charge in [-0.15, -0.1) is 0 Å². The van der Waals surface area contributed by atoms with Crippen LogP contribution >= 0.6 is 0 Å². The smallest absolute Gasteiger partial charge is 0.252 e. The number of para-hydroxylation sites is 4. The second-order valence-corrected chi connectivity index (χ2v) is 30.4. The summed E-state index contributed by atoms with van der Waals surface area (Å²) in [4.78, 5) is 7.73. The van der Waals surface area contributed by atoms with Crippen LogP contribution in [0.1, 0.15) is 80.5 Å². The third-order valence-corrected chi connectivity index (χ3v) is 21.5. The van der Waals surface area contributed by atoms with Gasteiger partial charge in [0, 0.05) is 89.3 Å². The zero-order valence-corrected chi connectivity index (χ0v) is 59.7. The van der Waals surface area contributed by atoms with E-state index < -0.39 is 0 Å². The molecule has 0 fully saturated rings. The van der Waals surface area contributed by atoms with Gasteiger partial charge in [-0.1, -0.05) is 211 Å². The molecule has 0 radical (unpaired) electrons. The molecule has 7 heteroatoms.